The minimum absolute atomic E-state index is 0.0952. The van der Waals surface area contributed by atoms with Crippen LogP contribution in [-0.4, -0.2) is 24.5 Å². The Hall–Kier alpha value is -0.570. The van der Waals surface area contributed by atoms with Crippen molar-refractivity contribution in [1.82, 2.24) is 10.6 Å². The summed E-state index contributed by atoms with van der Waals surface area (Å²) in [5.74, 6) is 0.914. The van der Waals surface area contributed by atoms with Crippen molar-refractivity contribution in [2.75, 3.05) is 6.54 Å². The summed E-state index contributed by atoms with van der Waals surface area (Å²) in [4.78, 5) is 11.5. The number of hydrogen-bond acceptors (Lipinski definition) is 2. The molecule has 3 atom stereocenters. The van der Waals surface area contributed by atoms with E-state index in [0.717, 1.165) is 19.4 Å². The van der Waals surface area contributed by atoms with Crippen molar-refractivity contribution in [3.63, 3.8) is 0 Å². The summed E-state index contributed by atoms with van der Waals surface area (Å²) in [6, 6.07) is 0.567. The van der Waals surface area contributed by atoms with Crippen molar-refractivity contribution < 1.29 is 4.79 Å². The zero-order valence-electron chi connectivity index (χ0n) is 7.47. The summed E-state index contributed by atoms with van der Waals surface area (Å²) in [5.41, 5.74) is 0. The number of amides is 1. The van der Waals surface area contributed by atoms with Gasteiger partial charge in [0.05, 0.1) is 6.04 Å². The van der Waals surface area contributed by atoms with Gasteiger partial charge in [0, 0.05) is 6.04 Å². The van der Waals surface area contributed by atoms with Crippen molar-refractivity contribution in [3.05, 3.63) is 0 Å². The molecular formula is C9H16N2O. The second-order valence-electron chi connectivity index (χ2n) is 3.98. The number of nitrogens with one attached hydrogen (secondary N) is 2. The minimum atomic E-state index is 0.0952. The van der Waals surface area contributed by atoms with Gasteiger partial charge in [-0.05, 0) is 31.7 Å². The predicted molar refractivity (Wildman–Crippen MR) is 46.7 cm³/mol. The van der Waals surface area contributed by atoms with Crippen LogP contribution in [0.1, 0.15) is 26.2 Å². The van der Waals surface area contributed by atoms with Gasteiger partial charge in [-0.1, -0.05) is 6.92 Å². The van der Waals surface area contributed by atoms with Gasteiger partial charge in [0.25, 0.3) is 0 Å². The summed E-state index contributed by atoms with van der Waals surface area (Å²) < 4.78 is 0. The van der Waals surface area contributed by atoms with Crippen LogP contribution in [-0.2, 0) is 4.79 Å². The van der Waals surface area contributed by atoms with Gasteiger partial charge in [0.15, 0.2) is 0 Å². The lowest BCUT2D eigenvalue weighted by molar-refractivity contribution is -0.123. The maximum absolute atomic E-state index is 11.5. The lowest BCUT2D eigenvalue weighted by Crippen LogP contribution is -2.41. The minimum Gasteiger partial charge on any atom is -0.352 e. The molecule has 3 heteroatoms. The van der Waals surface area contributed by atoms with Crippen LogP contribution in [0.2, 0.25) is 0 Å². The Labute approximate surface area is 72.9 Å². The zero-order chi connectivity index (χ0) is 8.55. The highest BCUT2D eigenvalue weighted by Crippen LogP contribution is 2.29. The van der Waals surface area contributed by atoms with Crippen LogP contribution >= 0.6 is 0 Å². The van der Waals surface area contributed by atoms with E-state index in [1.165, 1.54) is 6.42 Å². The molecule has 2 N–H and O–H groups in total. The van der Waals surface area contributed by atoms with Gasteiger partial charge in [-0.2, -0.15) is 0 Å². The third-order valence-electron chi connectivity index (χ3n) is 2.81. The molecular weight excluding hydrogens is 152 g/mol. The quantitative estimate of drug-likeness (QED) is 0.621. The molecule has 0 spiro atoms. The Kier molecular flexibility index (Phi) is 2.05. The molecule has 0 aromatic rings. The highest BCUT2D eigenvalue weighted by Gasteiger charge is 2.35. The molecule has 0 radical (unpaired) electrons. The molecule has 1 heterocycles. The van der Waals surface area contributed by atoms with Crippen LogP contribution in [0.4, 0.5) is 0 Å². The molecule has 3 unspecified atom stereocenters. The second-order valence-corrected chi connectivity index (χ2v) is 3.98. The van der Waals surface area contributed by atoms with Crippen LogP contribution in [0.5, 0.6) is 0 Å². The van der Waals surface area contributed by atoms with Crippen molar-refractivity contribution >= 4 is 5.91 Å². The summed E-state index contributed by atoms with van der Waals surface area (Å²) in [7, 11) is 0. The lowest BCUT2D eigenvalue weighted by Gasteiger charge is -2.09. The molecule has 3 nitrogen and oxygen atoms in total. The van der Waals surface area contributed by atoms with Gasteiger partial charge in [-0.15, -0.1) is 0 Å². The molecule has 2 aliphatic rings. The van der Waals surface area contributed by atoms with E-state index in [0.29, 0.717) is 12.0 Å². The van der Waals surface area contributed by atoms with E-state index in [-0.39, 0.29) is 11.9 Å². The highest BCUT2D eigenvalue weighted by molar-refractivity contribution is 5.82. The monoisotopic (exact) mass is 168 g/mol. The summed E-state index contributed by atoms with van der Waals surface area (Å²) in [6.07, 6.45) is 3.31. The van der Waals surface area contributed by atoms with E-state index in [1.807, 2.05) is 0 Å². The first-order chi connectivity index (χ1) is 5.77. The predicted octanol–water partition coefficient (Wildman–Crippen LogP) is 0.263. The van der Waals surface area contributed by atoms with Gasteiger partial charge in [0.2, 0.25) is 5.91 Å². The largest absolute Gasteiger partial charge is 0.352 e. The summed E-state index contributed by atoms with van der Waals surface area (Å²) in [6.45, 7) is 3.17. The molecule has 1 saturated heterocycles. The second kappa shape index (κ2) is 3.05. The zero-order valence-corrected chi connectivity index (χ0v) is 7.47. The number of rotatable bonds is 2. The maximum atomic E-state index is 11.5. The van der Waals surface area contributed by atoms with E-state index in [4.69, 9.17) is 0 Å². The van der Waals surface area contributed by atoms with Crippen molar-refractivity contribution in [3.8, 4) is 0 Å². The summed E-state index contributed by atoms with van der Waals surface area (Å²) in [5, 5.41) is 6.24. The first kappa shape index (κ1) is 8.05. The van der Waals surface area contributed by atoms with Gasteiger partial charge >= 0.3 is 0 Å². The fourth-order valence-electron chi connectivity index (χ4n) is 1.71. The van der Waals surface area contributed by atoms with Crippen LogP contribution in [0.25, 0.3) is 0 Å². The molecule has 0 aromatic heterocycles. The van der Waals surface area contributed by atoms with Crippen molar-refractivity contribution in [1.29, 1.82) is 0 Å². The van der Waals surface area contributed by atoms with Crippen LogP contribution < -0.4 is 10.6 Å². The Balaban J connectivity index is 1.76. The first-order valence-electron chi connectivity index (χ1n) is 4.81. The Morgan fingerprint density at radius 1 is 1.58 bits per heavy atom. The van der Waals surface area contributed by atoms with Crippen molar-refractivity contribution in [2.24, 2.45) is 5.92 Å². The molecule has 68 valence electrons. The van der Waals surface area contributed by atoms with E-state index >= 15 is 0 Å². The highest BCUT2D eigenvalue weighted by atomic mass is 16.2. The molecule has 0 aromatic carbocycles. The number of hydrogen-bond donors (Lipinski definition) is 2. The number of carbonyl (C=O) groups is 1. The van der Waals surface area contributed by atoms with Crippen LogP contribution in [0.3, 0.4) is 0 Å². The topological polar surface area (TPSA) is 41.1 Å². The molecule has 0 bridgehead atoms. The molecule has 12 heavy (non-hydrogen) atoms. The first-order valence-corrected chi connectivity index (χ1v) is 4.81. The van der Waals surface area contributed by atoms with Crippen LogP contribution in [0.15, 0.2) is 0 Å². The fourth-order valence-corrected chi connectivity index (χ4v) is 1.71. The average molecular weight is 168 g/mol. The van der Waals surface area contributed by atoms with E-state index in [2.05, 4.69) is 17.6 Å². The van der Waals surface area contributed by atoms with Gasteiger partial charge in [-0.3, -0.25) is 4.79 Å². The number of carbonyl (C=O) groups excluding carboxylic acids is 1. The fraction of sp³-hybridized carbons (Fsp3) is 0.889. The molecule has 1 saturated carbocycles. The van der Waals surface area contributed by atoms with Crippen LogP contribution in [0, 0.1) is 5.92 Å². The Morgan fingerprint density at radius 2 is 2.33 bits per heavy atom. The smallest absolute Gasteiger partial charge is 0.237 e. The molecule has 2 fully saturated rings. The molecule has 1 aliphatic heterocycles. The molecule has 2 rings (SSSR count). The summed E-state index contributed by atoms with van der Waals surface area (Å²) >= 11 is 0. The van der Waals surface area contributed by atoms with Crippen molar-refractivity contribution in [2.45, 2.75) is 38.3 Å². The van der Waals surface area contributed by atoms with E-state index < -0.39 is 0 Å². The maximum Gasteiger partial charge on any atom is 0.237 e. The molecule has 1 aliphatic carbocycles. The van der Waals surface area contributed by atoms with E-state index in [9.17, 15) is 4.79 Å². The molecule has 1 amide bonds. The van der Waals surface area contributed by atoms with Gasteiger partial charge in [0.1, 0.15) is 0 Å². The van der Waals surface area contributed by atoms with Gasteiger partial charge < -0.3 is 10.6 Å². The standard InChI is InChI=1S/C9H16N2O/c1-6-5-8(6)11-9(12)7-3-2-4-10-7/h6-8,10H,2-5H2,1H3,(H,11,12). The van der Waals surface area contributed by atoms with E-state index in [1.54, 1.807) is 0 Å². The normalized spacial score (nSPS) is 39.6. The average Bonchev–Trinajstić information content (AvgIpc) is 2.58. The SMILES string of the molecule is CC1CC1NC(=O)C1CCCN1. The van der Waals surface area contributed by atoms with Gasteiger partial charge in [-0.25, -0.2) is 0 Å². The lowest BCUT2D eigenvalue weighted by atomic mass is 10.2. The third-order valence-corrected chi connectivity index (χ3v) is 2.81. The third kappa shape index (κ3) is 1.61. The Morgan fingerprint density at radius 3 is 2.83 bits per heavy atom. The Bertz CT molecular complexity index is 187.